The second kappa shape index (κ2) is 6.69. The van der Waals surface area contributed by atoms with Crippen molar-refractivity contribution in [3.05, 3.63) is 18.3 Å². The molecule has 0 aromatic carbocycles. The third-order valence-corrected chi connectivity index (χ3v) is 5.81. The van der Waals surface area contributed by atoms with Crippen LogP contribution in [-0.4, -0.2) is 48.3 Å². The molecule has 1 aromatic rings. The Morgan fingerprint density at radius 2 is 2.00 bits per heavy atom. The summed E-state index contributed by atoms with van der Waals surface area (Å²) in [6, 6.07) is 3.29. The van der Waals surface area contributed by atoms with Crippen LogP contribution in [0.2, 0.25) is 0 Å². The monoisotopic (exact) mass is 302 g/mol. The van der Waals surface area contributed by atoms with Crippen molar-refractivity contribution in [2.75, 3.05) is 25.4 Å². The van der Waals surface area contributed by atoms with Crippen molar-refractivity contribution >= 4 is 21.8 Å². The molecule has 0 saturated carbocycles. The van der Waals surface area contributed by atoms with Crippen molar-refractivity contribution in [3.8, 4) is 0 Å². The molecule has 1 aliphatic rings. The van der Waals surface area contributed by atoms with Crippen molar-refractivity contribution in [2.45, 2.75) is 29.2 Å². The van der Waals surface area contributed by atoms with Crippen LogP contribution in [0.25, 0.3) is 0 Å². The first-order valence-electron chi connectivity index (χ1n) is 6.34. The van der Waals surface area contributed by atoms with Crippen LogP contribution in [-0.2, 0) is 10.0 Å². The number of nitrogens with zero attached hydrogens (tertiary/aromatic N) is 2. The molecule has 2 rings (SSSR count). The zero-order valence-electron chi connectivity index (χ0n) is 10.7. The summed E-state index contributed by atoms with van der Waals surface area (Å²) in [5.41, 5.74) is 0. The van der Waals surface area contributed by atoms with Gasteiger partial charge in [-0.15, -0.1) is 11.8 Å². The highest BCUT2D eigenvalue weighted by Crippen LogP contribution is 2.22. The lowest BCUT2D eigenvalue weighted by Gasteiger charge is -2.25. The summed E-state index contributed by atoms with van der Waals surface area (Å²) >= 11 is 1.41. The molecule has 106 valence electrons. The molecule has 19 heavy (non-hydrogen) atoms. The first-order chi connectivity index (χ1) is 9.14. The van der Waals surface area contributed by atoms with Crippen molar-refractivity contribution in [1.82, 2.24) is 9.29 Å². The van der Waals surface area contributed by atoms with Crippen molar-refractivity contribution in [3.63, 3.8) is 0 Å². The van der Waals surface area contributed by atoms with Crippen LogP contribution in [0.1, 0.15) is 19.3 Å². The van der Waals surface area contributed by atoms with Gasteiger partial charge < -0.3 is 5.11 Å². The van der Waals surface area contributed by atoms with E-state index in [0.29, 0.717) is 18.8 Å². The van der Waals surface area contributed by atoms with E-state index in [-0.39, 0.29) is 11.5 Å². The van der Waals surface area contributed by atoms with E-state index in [1.807, 2.05) is 0 Å². The number of thioether (sulfide) groups is 1. The van der Waals surface area contributed by atoms with Gasteiger partial charge in [0, 0.05) is 25.0 Å². The highest BCUT2D eigenvalue weighted by Gasteiger charge is 2.25. The predicted molar refractivity (Wildman–Crippen MR) is 74.7 cm³/mol. The Balaban J connectivity index is 2.11. The van der Waals surface area contributed by atoms with Gasteiger partial charge in [-0.2, -0.15) is 4.31 Å². The summed E-state index contributed by atoms with van der Waals surface area (Å²) < 4.78 is 26.2. The number of pyridine rings is 1. The molecule has 2 heterocycles. The topological polar surface area (TPSA) is 70.5 Å². The van der Waals surface area contributed by atoms with E-state index < -0.39 is 10.0 Å². The number of aliphatic hydroxyl groups excluding tert-OH is 1. The van der Waals surface area contributed by atoms with E-state index in [0.717, 1.165) is 24.3 Å². The zero-order valence-corrected chi connectivity index (χ0v) is 12.3. The second-order valence-electron chi connectivity index (χ2n) is 4.37. The van der Waals surface area contributed by atoms with Crippen LogP contribution < -0.4 is 0 Å². The SMILES string of the molecule is O=S(=O)(c1ccc(SCCO)nc1)N1CCCCC1. The summed E-state index contributed by atoms with van der Waals surface area (Å²) in [5, 5.41) is 9.46. The number of hydrogen-bond donors (Lipinski definition) is 1. The molecule has 0 amide bonds. The van der Waals surface area contributed by atoms with E-state index in [9.17, 15) is 8.42 Å². The summed E-state index contributed by atoms with van der Waals surface area (Å²) in [6.45, 7) is 1.28. The fourth-order valence-corrected chi connectivity index (χ4v) is 4.06. The van der Waals surface area contributed by atoms with Crippen molar-refractivity contribution in [2.24, 2.45) is 0 Å². The Morgan fingerprint density at radius 3 is 2.58 bits per heavy atom. The normalized spacial score (nSPS) is 17.5. The Kier molecular flexibility index (Phi) is 5.20. The van der Waals surface area contributed by atoms with Crippen LogP contribution in [0.5, 0.6) is 0 Å². The fourth-order valence-electron chi connectivity index (χ4n) is 2.01. The minimum Gasteiger partial charge on any atom is -0.396 e. The third-order valence-electron chi connectivity index (χ3n) is 3.00. The average molecular weight is 302 g/mol. The molecule has 1 fully saturated rings. The maximum Gasteiger partial charge on any atom is 0.244 e. The van der Waals surface area contributed by atoms with Gasteiger partial charge in [-0.3, -0.25) is 0 Å². The van der Waals surface area contributed by atoms with Gasteiger partial charge in [0.25, 0.3) is 0 Å². The maximum absolute atomic E-state index is 12.4. The molecule has 1 N–H and O–H groups in total. The van der Waals surface area contributed by atoms with E-state index >= 15 is 0 Å². The number of rotatable bonds is 5. The van der Waals surface area contributed by atoms with Crippen molar-refractivity contribution < 1.29 is 13.5 Å². The Morgan fingerprint density at radius 1 is 1.26 bits per heavy atom. The minimum absolute atomic E-state index is 0.0835. The lowest BCUT2D eigenvalue weighted by molar-refractivity contribution is 0.322. The van der Waals surface area contributed by atoms with Gasteiger partial charge in [-0.05, 0) is 25.0 Å². The molecule has 7 heteroatoms. The number of hydrogen-bond acceptors (Lipinski definition) is 5. The fraction of sp³-hybridized carbons (Fsp3) is 0.583. The van der Waals surface area contributed by atoms with Gasteiger partial charge >= 0.3 is 0 Å². The molecule has 0 atom stereocenters. The van der Waals surface area contributed by atoms with E-state index in [4.69, 9.17) is 5.11 Å². The number of aromatic nitrogens is 1. The molecular weight excluding hydrogens is 284 g/mol. The maximum atomic E-state index is 12.4. The Hall–Kier alpha value is -0.630. The molecule has 0 unspecified atom stereocenters. The van der Waals surface area contributed by atoms with Gasteiger partial charge in [-0.1, -0.05) is 6.42 Å². The summed E-state index contributed by atoms with van der Waals surface area (Å²) in [6.07, 6.45) is 4.36. The zero-order chi connectivity index (χ0) is 13.7. The second-order valence-corrected chi connectivity index (χ2v) is 7.42. The highest BCUT2D eigenvalue weighted by atomic mass is 32.2. The predicted octanol–water partition coefficient (Wildman–Crippen LogP) is 1.34. The lowest BCUT2D eigenvalue weighted by Crippen LogP contribution is -2.35. The van der Waals surface area contributed by atoms with Crippen LogP contribution in [0.4, 0.5) is 0 Å². The number of aliphatic hydroxyl groups is 1. The van der Waals surface area contributed by atoms with Gasteiger partial charge in [0.05, 0.1) is 11.6 Å². The molecule has 5 nitrogen and oxygen atoms in total. The molecular formula is C12H18N2O3S2. The molecule has 0 spiro atoms. The largest absolute Gasteiger partial charge is 0.396 e. The molecule has 1 aromatic heterocycles. The minimum atomic E-state index is -3.39. The molecule has 0 aliphatic carbocycles. The van der Waals surface area contributed by atoms with Gasteiger partial charge in [0.15, 0.2) is 0 Å². The quantitative estimate of drug-likeness (QED) is 0.831. The standard InChI is InChI=1S/C12H18N2O3S2/c15-8-9-18-12-5-4-11(10-13-12)19(16,17)14-6-2-1-3-7-14/h4-5,10,15H,1-3,6-9H2. The molecule has 1 aliphatic heterocycles. The van der Waals surface area contributed by atoms with E-state index in [1.165, 1.54) is 22.3 Å². The highest BCUT2D eigenvalue weighted by molar-refractivity contribution is 7.99. The molecule has 0 bridgehead atoms. The van der Waals surface area contributed by atoms with Crippen LogP contribution >= 0.6 is 11.8 Å². The Bertz CT molecular complexity index is 496. The van der Waals surface area contributed by atoms with Gasteiger partial charge in [0.2, 0.25) is 10.0 Å². The summed E-state index contributed by atoms with van der Waals surface area (Å²) in [7, 11) is -3.39. The Labute approximate surface area is 118 Å². The van der Waals surface area contributed by atoms with E-state index in [1.54, 1.807) is 12.1 Å². The number of piperidine rings is 1. The molecule has 0 radical (unpaired) electrons. The van der Waals surface area contributed by atoms with Gasteiger partial charge in [0.1, 0.15) is 4.90 Å². The average Bonchev–Trinajstić information content (AvgIpc) is 2.46. The van der Waals surface area contributed by atoms with Crippen LogP contribution in [0, 0.1) is 0 Å². The van der Waals surface area contributed by atoms with Crippen LogP contribution in [0.15, 0.2) is 28.3 Å². The third kappa shape index (κ3) is 3.68. The first kappa shape index (κ1) is 14.8. The smallest absolute Gasteiger partial charge is 0.244 e. The van der Waals surface area contributed by atoms with E-state index in [2.05, 4.69) is 4.98 Å². The summed E-state index contributed by atoms with van der Waals surface area (Å²) in [5.74, 6) is 0.561. The van der Waals surface area contributed by atoms with Gasteiger partial charge in [-0.25, -0.2) is 13.4 Å². The molecule has 1 saturated heterocycles. The lowest BCUT2D eigenvalue weighted by atomic mass is 10.2. The summed E-state index contributed by atoms with van der Waals surface area (Å²) in [4.78, 5) is 4.38. The van der Waals surface area contributed by atoms with Crippen molar-refractivity contribution in [1.29, 1.82) is 0 Å². The van der Waals surface area contributed by atoms with Crippen LogP contribution in [0.3, 0.4) is 0 Å². The number of sulfonamides is 1. The first-order valence-corrected chi connectivity index (χ1v) is 8.77.